The number of rotatable bonds is 2. The molecule has 1 amide bonds. The minimum absolute atomic E-state index is 0.00928. The Morgan fingerprint density at radius 1 is 1.24 bits per heavy atom. The van der Waals surface area contributed by atoms with E-state index in [1.807, 2.05) is 24.3 Å². The second-order valence-corrected chi connectivity index (χ2v) is 5.94. The van der Waals surface area contributed by atoms with Crippen LogP contribution in [0.15, 0.2) is 46.9 Å². The molecule has 2 aromatic rings. The number of halogens is 1. The summed E-state index contributed by atoms with van der Waals surface area (Å²) in [6.45, 7) is 0. The van der Waals surface area contributed by atoms with E-state index in [-0.39, 0.29) is 11.7 Å². The zero-order valence-corrected chi connectivity index (χ0v) is 12.7. The van der Waals surface area contributed by atoms with Crippen molar-refractivity contribution in [3.05, 3.63) is 63.6 Å². The average molecular weight is 348 g/mol. The van der Waals surface area contributed by atoms with Gasteiger partial charge in [-0.15, -0.1) is 0 Å². The average Bonchev–Trinajstić information content (AvgIpc) is 2.78. The van der Waals surface area contributed by atoms with E-state index in [2.05, 4.69) is 21.2 Å². The Kier molecular flexibility index (Phi) is 3.69. The Morgan fingerprint density at radius 2 is 2.00 bits per heavy atom. The molecule has 2 aromatic carbocycles. The van der Waals surface area contributed by atoms with Crippen LogP contribution in [0.3, 0.4) is 0 Å². The van der Waals surface area contributed by atoms with Gasteiger partial charge in [-0.25, -0.2) is 0 Å². The van der Waals surface area contributed by atoms with E-state index < -0.39 is 12.1 Å². The van der Waals surface area contributed by atoms with Gasteiger partial charge in [0.2, 0.25) is 0 Å². The Bertz CT molecular complexity index is 702. The molecule has 0 fully saturated rings. The van der Waals surface area contributed by atoms with Gasteiger partial charge in [-0.1, -0.05) is 24.3 Å². The second kappa shape index (κ2) is 5.50. The number of nitrogens with one attached hydrogen (secondary N) is 1. The summed E-state index contributed by atoms with van der Waals surface area (Å²) in [5.41, 5.74) is 2.35. The number of aliphatic hydroxyl groups excluding tert-OH is 1. The number of benzene rings is 2. The minimum atomic E-state index is -0.629. The Balaban J connectivity index is 1.83. The van der Waals surface area contributed by atoms with Gasteiger partial charge in [0.05, 0.1) is 16.6 Å². The Labute approximate surface area is 130 Å². The molecule has 4 nitrogen and oxygen atoms in total. The molecule has 0 saturated carbocycles. The molecule has 0 radical (unpaired) electrons. The highest BCUT2D eigenvalue weighted by molar-refractivity contribution is 9.10. The summed E-state index contributed by atoms with van der Waals surface area (Å²) in [5.74, 6) is -0.312. The highest BCUT2D eigenvalue weighted by atomic mass is 79.9. The maximum atomic E-state index is 12.3. The number of hydrogen-bond acceptors (Lipinski definition) is 3. The van der Waals surface area contributed by atoms with Crippen LogP contribution >= 0.6 is 15.9 Å². The fourth-order valence-corrected chi connectivity index (χ4v) is 2.87. The van der Waals surface area contributed by atoms with Crippen LogP contribution in [0.5, 0.6) is 5.75 Å². The lowest BCUT2D eigenvalue weighted by molar-refractivity contribution is 0.0858. The summed E-state index contributed by atoms with van der Waals surface area (Å²) >= 11 is 3.18. The van der Waals surface area contributed by atoms with Crippen LogP contribution in [0.1, 0.15) is 27.5 Å². The molecule has 0 aliphatic heterocycles. The monoisotopic (exact) mass is 347 g/mol. The maximum Gasteiger partial charge on any atom is 0.251 e. The number of fused-ring (bicyclic) bond motifs is 1. The molecule has 3 N–H and O–H groups in total. The predicted octanol–water partition coefficient (Wildman–Crippen LogP) is 2.54. The smallest absolute Gasteiger partial charge is 0.251 e. The van der Waals surface area contributed by atoms with Crippen LogP contribution in [0.4, 0.5) is 0 Å². The van der Waals surface area contributed by atoms with Gasteiger partial charge in [0.15, 0.2) is 0 Å². The van der Waals surface area contributed by atoms with E-state index in [1.165, 1.54) is 6.07 Å². The highest BCUT2D eigenvalue weighted by Crippen LogP contribution is 2.32. The normalized spacial score (nSPS) is 20.1. The van der Waals surface area contributed by atoms with Gasteiger partial charge in [-0.2, -0.15) is 0 Å². The van der Waals surface area contributed by atoms with Crippen LogP contribution in [0, 0.1) is 0 Å². The molecule has 0 aromatic heterocycles. The van der Waals surface area contributed by atoms with E-state index in [9.17, 15) is 15.0 Å². The number of phenolic OH excluding ortho intramolecular Hbond substituents is 1. The Hall–Kier alpha value is -1.85. The van der Waals surface area contributed by atoms with E-state index in [4.69, 9.17) is 0 Å². The van der Waals surface area contributed by atoms with E-state index in [1.54, 1.807) is 12.1 Å². The number of carbonyl (C=O) groups is 1. The lowest BCUT2D eigenvalue weighted by Gasteiger charge is -2.18. The fourth-order valence-electron chi connectivity index (χ4n) is 2.63. The minimum Gasteiger partial charge on any atom is -0.507 e. The number of amides is 1. The molecule has 21 heavy (non-hydrogen) atoms. The van der Waals surface area contributed by atoms with Crippen molar-refractivity contribution in [3.63, 3.8) is 0 Å². The summed E-state index contributed by atoms with van der Waals surface area (Å²) in [5, 5.41) is 22.6. The molecule has 108 valence electrons. The molecule has 0 bridgehead atoms. The lowest BCUT2D eigenvalue weighted by Crippen LogP contribution is -2.33. The Morgan fingerprint density at radius 3 is 2.76 bits per heavy atom. The first kappa shape index (κ1) is 14.1. The van der Waals surface area contributed by atoms with Gasteiger partial charge in [0.25, 0.3) is 5.91 Å². The van der Waals surface area contributed by atoms with Crippen molar-refractivity contribution in [1.82, 2.24) is 5.32 Å². The number of phenols is 1. The first-order valence-electron chi connectivity index (χ1n) is 6.61. The standard InChI is InChI=1S/C16H14BrNO3/c17-12-6-5-10(8-13(12)19)16(21)18-15-11-4-2-1-3-9(11)7-14(15)20/h1-6,8,14-15,19-20H,7H2,(H,18,21)/t14-,15+/m1/s1. The second-order valence-electron chi connectivity index (χ2n) is 5.09. The van der Waals surface area contributed by atoms with Crippen molar-refractivity contribution < 1.29 is 15.0 Å². The van der Waals surface area contributed by atoms with Gasteiger partial charge in [0.1, 0.15) is 5.75 Å². The summed E-state index contributed by atoms with van der Waals surface area (Å²) < 4.78 is 0.533. The van der Waals surface area contributed by atoms with Crippen LogP contribution in [0.2, 0.25) is 0 Å². The van der Waals surface area contributed by atoms with E-state index in [0.29, 0.717) is 16.5 Å². The number of aromatic hydroxyl groups is 1. The topological polar surface area (TPSA) is 69.6 Å². The fraction of sp³-hybridized carbons (Fsp3) is 0.188. The van der Waals surface area contributed by atoms with Crippen molar-refractivity contribution in [2.45, 2.75) is 18.6 Å². The maximum absolute atomic E-state index is 12.3. The first-order valence-corrected chi connectivity index (χ1v) is 7.41. The summed E-state index contributed by atoms with van der Waals surface area (Å²) in [4.78, 5) is 12.3. The van der Waals surface area contributed by atoms with Gasteiger partial charge >= 0.3 is 0 Å². The third kappa shape index (κ3) is 2.66. The number of aliphatic hydroxyl groups is 1. The predicted molar refractivity (Wildman–Crippen MR) is 82.2 cm³/mol. The quantitative estimate of drug-likeness (QED) is 0.781. The van der Waals surface area contributed by atoms with Gasteiger partial charge in [0, 0.05) is 12.0 Å². The summed E-state index contributed by atoms with van der Waals surface area (Å²) in [6, 6.07) is 11.9. The largest absolute Gasteiger partial charge is 0.507 e. The summed E-state index contributed by atoms with van der Waals surface area (Å²) in [7, 11) is 0. The van der Waals surface area contributed by atoms with Crippen molar-refractivity contribution in [2.24, 2.45) is 0 Å². The molecular formula is C16H14BrNO3. The molecule has 2 atom stereocenters. The molecule has 0 saturated heterocycles. The van der Waals surface area contributed by atoms with E-state index >= 15 is 0 Å². The molecule has 5 heteroatoms. The van der Waals surface area contributed by atoms with Crippen LogP contribution in [0.25, 0.3) is 0 Å². The molecule has 0 spiro atoms. The molecular weight excluding hydrogens is 334 g/mol. The van der Waals surface area contributed by atoms with Crippen molar-refractivity contribution in [1.29, 1.82) is 0 Å². The zero-order valence-electron chi connectivity index (χ0n) is 11.1. The molecule has 3 rings (SSSR count). The van der Waals surface area contributed by atoms with Gasteiger partial charge in [-0.3, -0.25) is 4.79 Å². The van der Waals surface area contributed by atoms with Crippen molar-refractivity contribution in [2.75, 3.05) is 0 Å². The molecule has 0 unspecified atom stereocenters. The summed E-state index contributed by atoms with van der Waals surface area (Å²) in [6.07, 6.45) is -0.0948. The van der Waals surface area contributed by atoms with Gasteiger partial charge in [-0.05, 0) is 45.3 Å². The van der Waals surface area contributed by atoms with Gasteiger partial charge < -0.3 is 15.5 Å². The number of carbonyl (C=O) groups excluding carboxylic acids is 1. The molecule has 0 heterocycles. The molecule has 1 aliphatic rings. The van der Waals surface area contributed by atoms with Crippen LogP contribution in [-0.4, -0.2) is 22.2 Å². The van der Waals surface area contributed by atoms with Crippen molar-refractivity contribution >= 4 is 21.8 Å². The lowest BCUT2D eigenvalue weighted by atomic mass is 10.1. The van der Waals surface area contributed by atoms with Crippen LogP contribution < -0.4 is 5.32 Å². The third-order valence-electron chi connectivity index (χ3n) is 3.70. The number of hydrogen-bond donors (Lipinski definition) is 3. The first-order chi connectivity index (χ1) is 10.1. The highest BCUT2D eigenvalue weighted by Gasteiger charge is 2.32. The molecule has 1 aliphatic carbocycles. The zero-order chi connectivity index (χ0) is 15.0. The third-order valence-corrected chi connectivity index (χ3v) is 4.37. The SMILES string of the molecule is O=C(N[C@H]1c2ccccc2C[C@H]1O)c1ccc(Br)c(O)c1. The van der Waals surface area contributed by atoms with Crippen molar-refractivity contribution in [3.8, 4) is 5.75 Å². The van der Waals surface area contributed by atoms with E-state index in [0.717, 1.165) is 11.1 Å². The van der Waals surface area contributed by atoms with Crippen LogP contribution in [-0.2, 0) is 6.42 Å².